The second-order valence-corrected chi connectivity index (χ2v) is 5.88. The maximum atomic E-state index is 10.2. The molecule has 0 amide bonds. The summed E-state index contributed by atoms with van der Waals surface area (Å²) in [7, 11) is -4.94. The highest BCUT2D eigenvalue weighted by molar-refractivity contribution is 5.71. The maximum absolute atomic E-state index is 10.2. The van der Waals surface area contributed by atoms with Gasteiger partial charge in [0.25, 0.3) is 0 Å². The first-order valence-electron chi connectivity index (χ1n) is 7.66. The summed E-state index contributed by atoms with van der Waals surface area (Å²) in [5.74, 6) is -1.85. The fraction of sp³-hybridized carbons (Fsp3) is 0.833. The number of halogens is 3. The van der Waals surface area contributed by atoms with Crippen molar-refractivity contribution in [2.75, 3.05) is 13.1 Å². The minimum absolute atomic E-state index is 0. The predicted octanol–water partition coefficient (Wildman–Crippen LogP) is -15.9. The summed E-state index contributed by atoms with van der Waals surface area (Å²) in [4.78, 5) is 20.3. The smallest absolute Gasteiger partial charge is 0.362 e. The van der Waals surface area contributed by atoms with Crippen LogP contribution in [0.4, 0.5) is 0 Å². The van der Waals surface area contributed by atoms with Crippen molar-refractivity contribution in [3.63, 3.8) is 0 Å². The summed E-state index contributed by atoms with van der Waals surface area (Å²) in [5.41, 5.74) is 14.2. The number of carbonyl (C=O) groups excluding carboxylic acids is 1. The molecule has 0 aromatic heterocycles. The van der Waals surface area contributed by atoms with Crippen LogP contribution in [0.15, 0.2) is 0 Å². The molecule has 0 aromatic carbocycles. The first-order chi connectivity index (χ1) is 11.4. The van der Waals surface area contributed by atoms with Gasteiger partial charge < -0.3 is 62.8 Å². The molecule has 0 rings (SSSR count). The Morgan fingerprint density at radius 1 is 0.815 bits per heavy atom. The normalized spacial score (nSPS) is 11.9. The van der Waals surface area contributed by atoms with E-state index in [-0.39, 0.29) is 24.8 Å². The van der Waals surface area contributed by atoms with Crippen LogP contribution in [0.25, 0.3) is 0 Å². The molecular weight excluding hydrogens is 435 g/mol. The second-order valence-electron chi connectivity index (χ2n) is 5.13. The summed E-state index contributed by atoms with van der Waals surface area (Å²) in [6, 6.07) is -0.988. The molecule has 0 bridgehead atoms. The van der Waals surface area contributed by atoms with E-state index in [1.807, 2.05) is 0 Å². The molecule has 0 heterocycles. The van der Waals surface area contributed by atoms with E-state index in [0.29, 0.717) is 12.8 Å². The van der Waals surface area contributed by atoms with Crippen LogP contribution in [0.3, 0.4) is 0 Å². The van der Waals surface area contributed by atoms with E-state index >= 15 is 0 Å². The van der Waals surface area contributed by atoms with Gasteiger partial charge in [-0.25, -0.2) is 23.4 Å². The van der Waals surface area contributed by atoms with Crippen molar-refractivity contribution < 1.29 is 96.4 Å². The molecule has 27 heavy (non-hydrogen) atoms. The Morgan fingerprint density at radius 3 is 1.33 bits per heavy atom. The standard InChI is InChI=1S/2C6H14N2O2.ClHO4.2ClH/c2*7-4-2-1-3-5(8)6(9)10;2-1(3,4)5;;/h2*5H,1-4,7-8H2,(H,9,10);(H,2,3,4,5);2*1H/t2*5-;;;/m00.../s1. The van der Waals surface area contributed by atoms with Gasteiger partial charge in [0, 0.05) is 12.8 Å². The van der Waals surface area contributed by atoms with Crippen LogP contribution in [0.2, 0.25) is 0 Å². The molecule has 0 aliphatic heterocycles. The first kappa shape index (κ1) is 37.3. The average Bonchev–Trinajstić information content (AvgIpc) is 2.46. The summed E-state index contributed by atoms with van der Waals surface area (Å²) in [6.07, 6.45) is 5.05. The number of carbonyl (C=O) groups is 2. The topological polar surface area (TPSA) is 280 Å². The number of unbranched alkanes of at least 4 members (excludes halogenated alkanes) is 2. The fourth-order valence-corrected chi connectivity index (χ4v) is 1.38. The van der Waals surface area contributed by atoms with Gasteiger partial charge in [0.05, 0.1) is 19.1 Å². The molecule has 0 spiro atoms. The number of quaternary nitrogens is 4. The van der Waals surface area contributed by atoms with Crippen molar-refractivity contribution in [1.82, 2.24) is 0 Å². The van der Waals surface area contributed by atoms with Gasteiger partial charge in [-0.05, 0) is 25.7 Å². The number of aliphatic carboxylic acids is 2. The van der Waals surface area contributed by atoms with Crippen molar-refractivity contribution in [1.29, 1.82) is 0 Å². The van der Waals surface area contributed by atoms with E-state index in [1.54, 1.807) is 0 Å². The quantitative estimate of drug-likeness (QED) is 0.192. The van der Waals surface area contributed by atoms with Gasteiger partial charge in [-0.2, -0.15) is 0 Å². The van der Waals surface area contributed by atoms with Gasteiger partial charge in [0.15, 0.2) is 6.04 Å². The number of carboxylic acid groups (broad SMARTS) is 2. The van der Waals surface area contributed by atoms with Gasteiger partial charge in [0.1, 0.15) is 6.04 Å². The SMILES string of the molecule is [Cl-].[Cl-].[NH3+]CCCC[C@H]([NH3+])C(=O)O.[NH3+]CCCC[C@H]([NH3+])C(=O)[O-].[O-][Cl+3]([O-])([O-])[O-]. The lowest BCUT2D eigenvalue weighted by Gasteiger charge is -2.17. The Bertz CT molecular complexity index is 319. The Labute approximate surface area is 172 Å². The zero-order valence-corrected chi connectivity index (χ0v) is 17.3. The Balaban J connectivity index is -0.0000000910. The summed E-state index contributed by atoms with van der Waals surface area (Å²) >= 11 is 0. The van der Waals surface area contributed by atoms with Crippen molar-refractivity contribution in [3.8, 4) is 0 Å². The third kappa shape index (κ3) is 46.0. The fourth-order valence-electron chi connectivity index (χ4n) is 1.38. The number of carboxylic acids is 2. The molecule has 168 valence electrons. The highest BCUT2D eigenvalue weighted by Crippen LogP contribution is 1.95. The maximum Gasteiger partial charge on any atom is 0.362 e. The third-order valence-electron chi connectivity index (χ3n) is 2.79. The van der Waals surface area contributed by atoms with Gasteiger partial charge in [-0.1, -0.05) is 0 Å². The molecule has 0 radical (unpaired) electrons. The lowest BCUT2D eigenvalue weighted by molar-refractivity contribution is -2.00. The Hall–Kier alpha value is -0.510. The predicted molar refractivity (Wildman–Crippen MR) is 69.2 cm³/mol. The largest absolute Gasteiger partial charge is 1.00 e. The molecule has 12 nitrogen and oxygen atoms in total. The third-order valence-corrected chi connectivity index (χ3v) is 2.79. The van der Waals surface area contributed by atoms with Crippen LogP contribution in [0.5, 0.6) is 0 Å². The van der Waals surface area contributed by atoms with Gasteiger partial charge in [-0.3, -0.25) is 0 Å². The number of rotatable bonds is 10. The van der Waals surface area contributed by atoms with E-state index in [0.717, 1.165) is 38.8 Å². The van der Waals surface area contributed by atoms with Crippen molar-refractivity contribution in [2.45, 2.75) is 50.6 Å². The molecule has 2 atom stereocenters. The van der Waals surface area contributed by atoms with Gasteiger partial charge >= 0.3 is 5.97 Å². The summed E-state index contributed by atoms with van der Waals surface area (Å²) < 4.78 is 34.0. The molecule has 0 aliphatic rings. The summed E-state index contributed by atoms with van der Waals surface area (Å²) in [6.45, 7) is 1.74. The first-order valence-corrected chi connectivity index (χ1v) is 8.90. The monoisotopic (exact) mass is 464 g/mol. The number of hydrogen-bond donors (Lipinski definition) is 5. The Morgan fingerprint density at radius 2 is 1.11 bits per heavy atom. The molecule has 0 saturated carbocycles. The molecule has 0 fully saturated rings. The van der Waals surface area contributed by atoms with E-state index in [2.05, 4.69) is 22.9 Å². The van der Waals surface area contributed by atoms with Crippen molar-refractivity contribution in [2.24, 2.45) is 0 Å². The highest BCUT2D eigenvalue weighted by atomic mass is 35.7. The van der Waals surface area contributed by atoms with Crippen LogP contribution in [-0.4, -0.2) is 42.2 Å². The Kier molecular flexibility index (Phi) is 32.5. The van der Waals surface area contributed by atoms with E-state index < -0.39 is 34.3 Å². The van der Waals surface area contributed by atoms with Crippen LogP contribution in [-0.2, 0) is 9.59 Å². The molecule has 15 heteroatoms. The molecule has 13 N–H and O–H groups in total. The lowest BCUT2D eigenvalue weighted by atomic mass is 10.1. The van der Waals surface area contributed by atoms with Crippen LogP contribution < -0.4 is 71.5 Å². The summed E-state index contributed by atoms with van der Waals surface area (Å²) in [5, 5.41) is 18.5. The molecule has 0 saturated heterocycles. The average molecular weight is 466 g/mol. The van der Waals surface area contributed by atoms with Gasteiger partial charge in [-0.15, -0.1) is 10.2 Å². The van der Waals surface area contributed by atoms with Crippen LogP contribution in [0, 0.1) is 10.2 Å². The molecule has 0 unspecified atom stereocenters. The van der Waals surface area contributed by atoms with Crippen LogP contribution in [0.1, 0.15) is 38.5 Å². The second kappa shape index (κ2) is 23.5. The van der Waals surface area contributed by atoms with E-state index in [9.17, 15) is 14.7 Å². The van der Waals surface area contributed by atoms with Crippen molar-refractivity contribution in [3.05, 3.63) is 0 Å². The lowest BCUT2D eigenvalue weighted by Crippen LogP contribution is -3.00. The van der Waals surface area contributed by atoms with E-state index in [1.165, 1.54) is 0 Å². The zero-order valence-electron chi connectivity index (χ0n) is 15.1. The number of hydrogen-bond acceptors (Lipinski definition) is 7. The zero-order chi connectivity index (χ0) is 20.5. The highest BCUT2D eigenvalue weighted by Gasteiger charge is 2.13. The molecule has 0 aliphatic carbocycles. The van der Waals surface area contributed by atoms with E-state index in [4.69, 9.17) is 23.7 Å². The minimum Gasteiger partial charge on any atom is -1.00 e. The van der Waals surface area contributed by atoms with Crippen LogP contribution >= 0.6 is 0 Å². The molecular formula is C12H31Cl3N4O8. The minimum atomic E-state index is -4.94. The van der Waals surface area contributed by atoms with Gasteiger partial charge in [0.2, 0.25) is 0 Å². The van der Waals surface area contributed by atoms with Crippen molar-refractivity contribution >= 4 is 11.9 Å². The molecule has 0 aromatic rings.